The molecule has 0 spiro atoms. The van der Waals surface area contributed by atoms with Crippen LogP contribution >= 0.6 is 0 Å². The van der Waals surface area contributed by atoms with Crippen LogP contribution in [0.15, 0.2) is 48.5 Å². The summed E-state index contributed by atoms with van der Waals surface area (Å²) < 4.78 is 41.2. The van der Waals surface area contributed by atoms with Crippen molar-refractivity contribution in [2.75, 3.05) is 20.3 Å². The lowest BCUT2D eigenvalue weighted by atomic mass is 9.83. The highest BCUT2D eigenvalue weighted by Crippen LogP contribution is 2.43. The minimum Gasteiger partial charge on any atom is -0.494 e. The summed E-state index contributed by atoms with van der Waals surface area (Å²) in [4.78, 5) is 18.1. The Balaban J connectivity index is 1.56. The zero-order valence-corrected chi connectivity index (χ0v) is 23.6. The Morgan fingerprint density at radius 1 is 1.17 bits per heavy atom. The monoisotopic (exact) mass is 562 g/mol. The van der Waals surface area contributed by atoms with E-state index in [-0.39, 0.29) is 29.6 Å². The number of hydrogen-bond acceptors (Lipinski definition) is 7. The predicted molar refractivity (Wildman–Crippen MR) is 149 cm³/mol. The van der Waals surface area contributed by atoms with Gasteiger partial charge in [0.2, 0.25) is 0 Å². The number of rotatable bonds is 7. The molecule has 0 radical (unpaired) electrons. The molecule has 8 nitrogen and oxygen atoms in total. The smallest absolute Gasteiger partial charge is 0.251 e. The summed E-state index contributed by atoms with van der Waals surface area (Å²) in [6, 6.07) is 12.0. The number of carbonyl (C=O) groups is 1. The number of aryl methyl sites for hydroxylation is 1. The maximum Gasteiger partial charge on any atom is 0.251 e. The standard InChI is InChI=1S/C31H32F2N4O4/c1-17-10-11-41-31(17,16-34-29(38)21-13-20-12-18(2)36-37-27(20)24(14-21)40-5)25-15-23(30(3,4)39)26(33)28(35-25)19-6-8-22(32)9-7-19/h6-9,12-15,17,39H,10-11,16H2,1-5H3,(H,34,38)/t17-,31-/m0/s1. The van der Waals surface area contributed by atoms with E-state index in [9.17, 15) is 14.3 Å². The van der Waals surface area contributed by atoms with E-state index in [1.807, 2.05) is 19.9 Å². The van der Waals surface area contributed by atoms with E-state index in [0.29, 0.717) is 52.2 Å². The first-order chi connectivity index (χ1) is 19.4. The van der Waals surface area contributed by atoms with Gasteiger partial charge in [0.15, 0.2) is 5.82 Å². The molecule has 4 aromatic rings. The third-order valence-electron chi connectivity index (χ3n) is 7.64. The van der Waals surface area contributed by atoms with Crippen molar-refractivity contribution in [1.29, 1.82) is 0 Å². The van der Waals surface area contributed by atoms with Gasteiger partial charge in [-0.05, 0) is 81.6 Å². The molecule has 0 unspecified atom stereocenters. The van der Waals surface area contributed by atoms with Crippen LogP contribution < -0.4 is 10.1 Å². The van der Waals surface area contributed by atoms with Crippen molar-refractivity contribution in [3.63, 3.8) is 0 Å². The van der Waals surface area contributed by atoms with Gasteiger partial charge in [-0.3, -0.25) is 4.79 Å². The largest absolute Gasteiger partial charge is 0.494 e. The van der Waals surface area contributed by atoms with Gasteiger partial charge in [0, 0.05) is 28.7 Å². The maximum atomic E-state index is 15.8. The Bertz CT molecular complexity index is 1620. The fourth-order valence-corrected chi connectivity index (χ4v) is 5.26. The molecule has 41 heavy (non-hydrogen) atoms. The summed E-state index contributed by atoms with van der Waals surface area (Å²) in [5.41, 5.74) is -0.362. The van der Waals surface area contributed by atoms with Crippen molar-refractivity contribution in [2.45, 2.75) is 45.3 Å². The van der Waals surface area contributed by atoms with Gasteiger partial charge in [0.1, 0.15) is 28.4 Å². The molecule has 214 valence electrons. The molecule has 1 aliphatic rings. The molecule has 2 aromatic heterocycles. The molecule has 5 rings (SSSR count). The molecule has 2 N–H and O–H groups in total. The van der Waals surface area contributed by atoms with E-state index in [0.717, 1.165) is 0 Å². The molecule has 0 bridgehead atoms. The molecule has 2 atom stereocenters. The lowest BCUT2D eigenvalue weighted by Crippen LogP contribution is -2.45. The molecule has 0 saturated carbocycles. The molecule has 2 aromatic carbocycles. The number of nitrogens with zero attached hydrogens (tertiary/aromatic N) is 3. The van der Waals surface area contributed by atoms with E-state index in [1.54, 1.807) is 12.1 Å². The van der Waals surface area contributed by atoms with E-state index < -0.39 is 22.8 Å². The van der Waals surface area contributed by atoms with Gasteiger partial charge in [0.05, 0.1) is 30.6 Å². The normalized spacial score (nSPS) is 19.0. The summed E-state index contributed by atoms with van der Waals surface area (Å²) in [5, 5.41) is 22.8. The summed E-state index contributed by atoms with van der Waals surface area (Å²) in [6.07, 6.45) is 0.681. The highest BCUT2D eigenvalue weighted by molar-refractivity contribution is 5.99. The van der Waals surface area contributed by atoms with Crippen molar-refractivity contribution < 1.29 is 28.2 Å². The number of nitrogens with one attached hydrogen (secondary N) is 1. The van der Waals surface area contributed by atoms with Gasteiger partial charge in [-0.1, -0.05) is 6.92 Å². The number of carbonyl (C=O) groups excluding carboxylic acids is 1. The fourth-order valence-electron chi connectivity index (χ4n) is 5.26. The molecule has 1 amide bonds. The van der Waals surface area contributed by atoms with Gasteiger partial charge < -0.3 is 19.9 Å². The Labute approximate surface area is 236 Å². The summed E-state index contributed by atoms with van der Waals surface area (Å²) in [7, 11) is 1.50. The summed E-state index contributed by atoms with van der Waals surface area (Å²) >= 11 is 0. The fraction of sp³-hybridized carbons (Fsp3) is 0.355. The molecular weight excluding hydrogens is 530 g/mol. The van der Waals surface area contributed by atoms with Crippen LogP contribution in [0.2, 0.25) is 0 Å². The second-order valence-corrected chi connectivity index (χ2v) is 11.0. The van der Waals surface area contributed by atoms with Gasteiger partial charge in [0.25, 0.3) is 5.91 Å². The third kappa shape index (κ3) is 5.37. The first-order valence-corrected chi connectivity index (χ1v) is 13.4. The molecule has 1 aliphatic heterocycles. The van der Waals surface area contributed by atoms with Gasteiger partial charge in [-0.25, -0.2) is 13.8 Å². The molecule has 1 fully saturated rings. The van der Waals surface area contributed by atoms with Crippen LogP contribution in [0.25, 0.3) is 22.2 Å². The zero-order chi connectivity index (χ0) is 29.5. The third-order valence-corrected chi connectivity index (χ3v) is 7.64. The highest BCUT2D eigenvalue weighted by atomic mass is 19.1. The number of aromatic nitrogens is 3. The first kappa shape index (κ1) is 28.5. The minimum atomic E-state index is -1.55. The van der Waals surface area contributed by atoms with E-state index in [2.05, 4.69) is 20.5 Å². The van der Waals surface area contributed by atoms with Crippen LogP contribution in [0, 0.1) is 24.5 Å². The van der Waals surface area contributed by atoms with Gasteiger partial charge >= 0.3 is 0 Å². The average molecular weight is 563 g/mol. The number of benzene rings is 2. The highest BCUT2D eigenvalue weighted by Gasteiger charge is 2.46. The van der Waals surface area contributed by atoms with E-state index >= 15 is 4.39 Å². The number of methoxy groups -OCH3 is 1. The molecule has 0 aliphatic carbocycles. The first-order valence-electron chi connectivity index (χ1n) is 13.4. The van der Waals surface area contributed by atoms with E-state index in [4.69, 9.17) is 9.47 Å². The summed E-state index contributed by atoms with van der Waals surface area (Å²) in [5.74, 6) is -1.24. The molecule has 1 saturated heterocycles. The van der Waals surface area contributed by atoms with Crippen LogP contribution in [-0.4, -0.2) is 46.5 Å². The zero-order valence-electron chi connectivity index (χ0n) is 23.6. The number of halogens is 2. The van der Waals surface area contributed by atoms with Crippen LogP contribution in [0.3, 0.4) is 0 Å². The Hall–Kier alpha value is -4.02. The summed E-state index contributed by atoms with van der Waals surface area (Å²) in [6.45, 7) is 7.19. The maximum absolute atomic E-state index is 15.8. The number of pyridine rings is 1. The number of amides is 1. The van der Waals surface area contributed by atoms with Crippen molar-refractivity contribution >= 4 is 16.8 Å². The van der Waals surface area contributed by atoms with Crippen LogP contribution in [0.5, 0.6) is 5.75 Å². The Morgan fingerprint density at radius 3 is 2.54 bits per heavy atom. The van der Waals surface area contributed by atoms with Crippen LogP contribution in [0.4, 0.5) is 8.78 Å². The molecule has 3 heterocycles. The average Bonchev–Trinajstić information content (AvgIpc) is 3.31. The quantitative estimate of drug-likeness (QED) is 0.319. The van der Waals surface area contributed by atoms with Crippen molar-refractivity contribution in [2.24, 2.45) is 5.92 Å². The Morgan fingerprint density at radius 2 is 1.90 bits per heavy atom. The van der Waals surface area contributed by atoms with Crippen LogP contribution in [0.1, 0.15) is 54.5 Å². The minimum absolute atomic E-state index is 0.0194. The van der Waals surface area contributed by atoms with E-state index in [1.165, 1.54) is 51.3 Å². The number of hydrogen-bond donors (Lipinski definition) is 2. The topological polar surface area (TPSA) is 106 Å². The number of ether oxygens (including phenoxy) is 2. The second-order valence-electron chi connectivity index (χ2n) is 11.0. The Kier molecular flexibility index (Phi) is 7.48. The van der Waals surface area contributed by atoms with Crippen molar-refractivity contribution in [1.82, 2.24) is 20.5 Å². The number of aliphatic hydroxyl groups is 1. The van der Waals surface area contributed by atoms with Gasteiger partial charge in [-0.15, -0.1) is 5.10 Å². The van der Waals surface area contributed by atoms with Crippen molar-refractivity contribution in [3.05, 3.63) is 82.7 Å². The molecular formula is C31H32F2N4O4. The van der Waals surface area contributed by atoms with Gasteiger partial charge in [-0.2, -0.15) is 5.10 Å². The molecule has 10 heteroatoms. The number of fused-ring (bicyclic) bond motifs is 1. The predicted octanol–water partition coefficient (Wildman–Crippen LogP) is 5.20. The van der Waals surface area contributed by atoms with Crippen LogP contribution in [-0.2, 0) is 15.9 Å². The van der Waals surface area contributed by atoms with Crippen molar-refractivity contribution in [3.8, 4) is 17.0 Å². The SMILES string of the molecule is COc1cc(C(=O)NC[C@]2(c3cc(C(C)(C)O)c(F)c(-c4ccc(F)cc4)n3)OCC[C@@H]2C)cc2cc(C)nnc12. The second kappa shape index (κ2) is 10.8. The lowest BCUT2D eigenvalue weighted by Gasteiger charge is -2.34. The lowest BCUT2D eigenvalue weighted by molar-refractivity contribution is -0.0246.